The van der Waals surface area contributed by atoms with Gasteiger partial charge in [0.1, 0.15) is 5.82 Å². The molecule has 2 aromatic carbocycles. The van der Waals surface area contributed by atoms with Gasteiger partial charge in [0.2, 0.25) is 0 Å². The van der Waals surface area contributed by atoms with Crippen molar-refractivity contribution >= 4 is 53.5 Å². The molecule has 1 unspecified atom stereocenters. The highest BCUT2D eigenvalue weighted by molar-refractivity contribution is 9.11. The predicted octanol–water partition coefficient (Wildman–Crippen LogP) is 6.29. The number of anilines is 1. The first-order valence-corrected chi connectivity index (χ1v) is 8.02. The van der Waals surface area contributed by atoms with Crippen LogP contribution in [0, 0.1) is 5.82 Å². The predicted molar refractivity (Wildman–Crippen MR) is 88.0 cm³/mol. The van der Waals surface area contributed by atoms with E-state index in [2.05, 4.69) is 60.0 Å². The van der Waals surface area contributed by atoms with E-state index in [-0.39, 0.29) is 11.9 Å². The third-order valence-electron chi connectivity index (χ3n) is 2.73. The molecule has 0 aliphatic rings. The molecule has 0 fully saturated rings. The van der Waals surface area contributed by atoms with Crippen molar-refractivity contribution in [2.75, 3.05) is 5.32 Å². The fourth-order valence-corrected chi connectivity index (χ4v) is 3.54. The molecule has 0 aliphatic carbocycles. The lowest BCUT2D eigenvalue weighted by molar-refractivity contribution is 0.621. The lowest BCUT2D eigenvalue weighted by atomic mass is 10.1. The van der Waals surface area contributed by atoms with Gasteiger partial charge in [0.25, 0.3) is 0 Å². The minimum atomic E-state index is -0.261. The van der Waals surface area contributed by atoms with Gasteiger partial charge < -0.3 is 5.32 Å². The van der Waals surface area contributed by atoms with Crippen molar-refractivity contribution in [1.82, 2.24) is 0 Å². The molecule has 100 valence electrons. The van der Waals surface area contributed by atoms with E-state index in [0.29, 0.717) is 4.47 Å². The maximum Gasteiger partial charge on any atom is 0.137 e. The molecule has 2 rings (SSSR count). The van der Waals surface area contributed by atoms with Gasteiger partial charge in [0.05, 0.1) is 4.47 Å². The summed E-state index contributed by atoms with van der Waals surface area (Å²) in [5.41, 5.74) is 2.01. The molecule has 0 heterocycles. The Kier molecular flexibility index (Phi) is 5.03. The maximum absolute atomic E-state index is 13.2. The number of halogens is 4. The molecule has 1 N–H and O–H groups in total. The summed E-state index contributed by atoms with van der Waals surface area (Å²) in [6.07, 6.45) is 0. The van der Waals surface area contributed by atoms with Crippen LogP contribution in [-0.4, -0.2) is 0 Å². The van der Waals surface area contributed by atoms with E-state index in [1.165, 1.54) is 6.07 Å². The van der Waals surface area contributed by atoms with Crippen molar-refractivity contribution in [3.05, 3.63) is 61.2 Å². The number of hydrogen-bond donors (Lipinski definition) is 1. The Balaban J connectivity index is 2.20. The molecule has 0 radical (unpaired) electrons. The van der Waals surface area contributed by atoms with Crippen molar-refractivity contribution in [3.63, 3.8) is 0 Å². The van der Waals surface area contributed by atoms with E-state index in [9.17, 15) is 4.39 Å². The van der Waals surface area contributed by atoms with Crippen LogP contribution in [0.4, 0.5) is 10.1 Å². The Morgan fingerprint density at radius 2 is 1.74 bits per heavy atom. The summed E-state index contributed by atoms with van der Waals surface area (Å²) in [5.74, 6) is -0.261. The van der Waals surface area contributed by atoms with Crippen LogP contribution in [0.3, 0.4) is 0 Å². The van der Waals surface area contributed by atoms with Gasteiger partial charge in [-0.3, -0.25) is 0 Å². The summed E-state index contributed by atoms with van der Waals surface area (Å²) in [6, 6.07) is 11.1. The highest BCUT2D eigenvalue weighted by Gasteiger charge is 2.10. The summed E-state index contributed by atoms with van der Waals surface area (Å²) in [5, 5.41) is 3.34. The van der Waals surface area contributed by atoms with Gasteiger partial charge in [-0.1, -0.05) is 37.9 Å². The summed E-state index contributed by atoms with van der Waals surface area (Å²) in [7, 11) is 0. The number of nitrogens with one attached hydrogen (secondary N) is 1. The molecular weight excluding hydrogens is 441 g/mol. The lowest BCUT2D eigenvalue weighted by Gasteiger charge is -2.17. The third-order valence-corrected chi connectivity index (χ3v) is 4.52. The van der Waals surface area contributed by atoms with Crippen LogP contribution >= 0.6 is 47.8 Å². The van der Waals surface area contributed by atoms with E-state index in [4.69, 9.17) is 0 Å². The van der Waals surface area contributed by atoms with Gasteiger partial charge in [-0.05, 0) is 58.7 Å². The lowest BCUT2D eigenvalue weighted by Crippen LogP contribution is -2.07. The van der Waals surface area contributed by atoms with Gasteiger partial charge in [0.15, 0.2) is 0 Å². The Hall–Kier alpha value is -0.390. The molecule has 0 saturated carbocycles. The maximum atomic E-state index is 13.2. The second kappa shape index (κ2) is 6.37. The second-order valence-corrected chi connectivity index (χ2v) is 6.79. The van der Waals surface area contributed by atoms with Crippen molar-refractivity contribution in [1.29, 1.82) is 0 Å². The molecule has 0 aliphatic heterocycles. The Morgan fingerprint density at radius 1 is 1.00 bits per heavy atom. The Bertz CT molecular complexity index is 601. The topological polar surface area (TPSA) is 12.0 Å². The molecule has 19 heavy (non-hydrogen) atoms. The minimum absolute atomic E-state index is 0.111. The van der Waals surface area contributed by atoms with Crippen LogP contribution in [0.15, 0.2) is 49.8 Å². The zero-order chi connectivity index (χ0) is 14.0. The fraction of sp³-hybridized carbons (Fsp3) is 0.143. The summed E-state index contributed by atoms with van der Waals surface area (Å²) < 4.78 is 15.7. The van der Waals surface area contributed by atoms with Gasteiger partial charge in [-0.2, -0.15) is 0 Å². The molecule has 0 amide bonds. The van der Waals surface area contributed by atoms with Gasteiger partial charge in [0, 0.05) is 20.7 Å². The average Bonchev–Trinajstić information content (AvgIpc) is 2.33. The van der Waals surface area contributed by atoms with Crippen LogP contribution in [0.25, 0.3) is 0 Å². The van der Waals surface area contributed by atoms with Gasteiger partial charge in [-0.15, -0.1) is 0 Å². The standard InChI is InChI=1S/C14H11Br3FN/c1-8(11-4-2-9(15)6-12(11)16)19-10-3-5-14(18)13(17)7-10/h2-8,19H,1H3. The normalized spacial score (nSPS) is 12.3. The van der Waals surface area contributed by atoms with Crippen LogP contribution in [0.5, 0.6) is 0 Å². The molecule has 1 nitrogen and oxygen atoms in total. The average molecular weight is 452 g/mol. The minimum Gasteiger partial charge on any atom is -0.378 e. The SMILES string of the molecule is CC(Nc1ccc(F)c(Br)c1)c1ccc(Br)cc1Br. The molecule has 0 aromatic heterocycles. The van der Waals surface area contributed by atoms with Crippen molar-refractivity contribution in [2.24, 2.45) is 0 Å². The van der Waals surface area contributed by atoms with Gasteiger partial charge >= 0.3 is 0 Å². The zero-order valence-corrected chi connectivity index (χ0v) is 14.8. The molecule has 5 heteroatoms. The zero-order valence-electron chi connectivity index (χ0n) is 10.1. The van der Waals surface area contributed by atoms with Crippen LogP contribution < -0.4 is 5.32 Å². The molecule has 0 bridgehead atoms. The Labute approximate surface area is 137 Å². The molecule has 0 saturated heterocycles. The van der Waals surface area contributed by atoms with E-state index >= 15 is 0 Å². The monoisotopic (exact) mass is 449 g/mol. The summed E-state index contributed by atoms with van der Waals surface area (Å²) in [4.78, 5) is 0. The van der Waals surface area contributed by atoms with Crippen molar-refractivity contribution < 1.29 is 4.39 Å². The first-order valence-electron chi connectivity index (χ1n) is 5.64. The largest absolute Gasteiger partial charge is 0.378 e. The third kappa shape index (κ3) is 3.80. The molecule has 1 atom stereocenters. The first-order chi connectivity index (χ1) is 8.97. The van der Waals surface area contributed by atoms with Crippen LogP contribution in [-0.2, 0) is 0 Å². The number of hydrogen-bond acceptors (Lipinski definition) is 1. The second-order valence-electron chi connectivity index (χ2n) is 4.16. The van der Waals surface area contributed by atoms with E-state index in [1.54, 1.807) is 12.1 Å². The highest BCUT2D eigenvalue weighted by atomic mass is 79.9. The molecule has 0 spiro atoms. The highest BCUT2D eigenvalue weighted by Crippen LogP contribution is 2.30. The van der Waals surface area contributed by atoms with Crippen molar-refractivity contribution in [3.8, 4) is 0 Å². The first kappa shape index (κ1) is 15.0. The summed E-state index contributed by atoms with van der Waals surface area (Å²) >= 11 is 10.2. The van der Waals surface area contributed by atoms with Crippen LogP contribution in [0.1, 0.15) is 18.5 Å². The fourth-order valence-electron chi connectivity index (χ4n) is 1.77. The molecular formula is C14H11Br3FN. The van der Waals surface area contributed by atoms with Gasteiger partial charge in [-0.25, -0.2) is 4.39 Å². The quantitative estimate of drug-likeness (QED) is 0.578. The van der Waals surface area contributed by atoms with E-state index in [1.807, 2.05) is 18.2 Å². The molecule has 2 aromatic rings. The summed E-state index contributed by atoms with van der Waals surface area (Å²) in [6.45, 7) is 2.06. The van der Waals surface area contributed by atoms with Crippen molar-refractivity contribution in [2.45, 2.75) is 13.0 Å². The number of benzene rings is 2. The van der Waals surface area contributed by atoms with E-state index < -0.39 is 0 Å². The van der Waals surface area contributed by atoms with Crippen LogP contribution in [0.2, 0.25) is 0 Å². The Morgan fingerprint density at radius 3 is 2.37 bits per heavy atom. The smallest absolute Gasteiger partial charge is 0.137 e. The van der Waals surface area contributed by atoms with E-state index in [0.717, 1.165) is 20.2 Å². The number of rotatable bonds is 3.